The van der Waals surface area contributed by atoms with Crippen LogP contribution >= 0.6 is 0 Å². The number of hydrogen-bond acceptors (Lipinski definition) is 3. The minimum atomic E-state index is 0.416. The Morgan fingerprint density at radius 3 is 2.58 bits per heavy atom. The number of nitrogens with zero attached hydrogens (tertiary/aromatic N) is 1. The molecule has 3 heteroatoms. The van der Waals surface area contributed by atoms with E-state index in [-0.39, 0.29) is 0 Å². The minimum absolute atomic E-state index is 0.416. The summed E-state index contributed by atoms with van der Waals surface area (Å²) in [5.41, 5.74) is 8.92. The summed E-state index contributed by atoms with van der Waals surface area (Å²) in [5.74, 6) is 1.90. The van der Waals surface area contributed by atoms with Gasteiger partial charge in [-0.15, -0.1) is 0 Å². The largest absolute Gasteiger partial charge is 0.439 e. The molecule has 0 saturated heterocycles. The molecule has 1 aromatic carbocycles. The SMILES string of the molecule is Cc1ccc(C(C)C)c(Oc2ccc(CN)cn2)c1. The Bertz CT molecular complexity index is 547. The Morgan fingerprint density at radius 2 is 2.00 bits per heavy atom. The van der Waals surface area contributed by atoms with Crippen molar-refractivity contribution in [3.63, 3.8) is 0 Å². The fourth-order valence-corrected chi connectivity index (χ4v) is 1.91. The van der Waals surface area contributed by atoms with E-state index in [0.29, 0.717) is 18.3 Å². The molecule has 0 aliphatic rings. The van der Waals surface area contributed by atoms with Gasteiger partial charge in [-0.1, -0.05) is 32.0 Å². The standard InChI is InChI=1S/C16H20N2O/c1-11(2)14-6-4-12(3)8-15(14)19-16-7-5-13(9-17)10-18-16/h4-8,10-11H,9,17H2,1-3H3. The highest BCUT2D eigenvalue weighted by Crippen LogP contribution is 2.30. The van der Waals surface area contributed by atoms with Gasteiger partial charge in [0.1, 0.15) is 5.75 Å². The van der Waals surface area contributed by atoms with Crippen LogP contribution in [-0.4, -0.2) is 4.98 Å². The summed E-state index contributed by atoms with van der Waals surface area (Å²) >= 11 is 0. The van der Waals surface area contributed by atoms with Gasteiger partial charge in [-0.2, -0.15) is 0 Å². The van der Waals surface area contributed by atoms with Crippen molar-refractivity contribution < 1.29 is 4.74 Å². The smallest absolute Gasteiger partial charge is 0.219 e. The minimum Gasteiger partial charge on any atom is -0.439 e. The highest BCUT2D eigenvalue weighted by molar-refractivity contribution is 5.41. The average molecular weight is 256 g/mol. The van der Waals surface area contributed by atoms with Crippen LogP contribution in [0.5, 0.6) is 11.6 Å². The van der Waals surface area contributed by atoms with Crippen LogP contribution in [0.1, 0.15) is 36.5 Å². The lowest BCUT2D eigenvalue weighted by Crippen LogP contribution is -1.99. The molecule has 0 atom stereocenters. The number of hydrogen-bond donors (Lipinski definition) is 1. The average Bonchev–Trinajstić information content (AvgIpc) is 2.39. The van der Waals surface area contributed by atoms with Crippen molar-refractivity contribution in [1.29, 1.82) is 0 Å². The van der Waals surface area contributed by atoms with E-state index < -0.39 is 0 Å². The zero-order valence-electron chi connectivity index (χ0n) is 11.7. The van der Waals surface area contributed by atoms with Crippen molar-refractivity contribution >= 4 is 0 Å². The summed E-state index contributed by atoms with van der Waals surface area (Å²) in [5, 5.41) is 0. The first kappa shape index (κ1) is 13.6. The zero-order valence-corrected chi connectivity index (χ0v) is 11.7. The summed E-state index contributed by atoms with van der Waals surface area (Å²) in [6, 6.07) is 10.1. The molecule has 2 rings (SSSR count). The molecule has 0 spiro atoms. The van der Waals surface area contributed by atoms with Gasteiger partial charge in [-0.3, -0.25) is 0 Å². The molecule has 19 heavy (non-hydrogen) atoms. The van der Waals surface area contributed by atoms with Gasteiger partial charge in [0, 0.05) is 18.8 Å². The summed E-state index contributed by atoms with van der Waals surface area (Å²) in [6.07, 6.45) is 1.75. The molecule has 1 aromatic heterocycles. The van der Waals surface area contributed by atoms with Crippen molar-refractivity contribution in [2.45, 2.75) is 33.2 Å². The molecule has 2 aromatic rings. The van der Waals surface area contributed by atoms with Gasteiger partial charge in [-0.25, -0.2) is 4.98 Å². The Hall–Kier alpha value is -1.87. The maximum absolute atomic E-state index is 5.90. The predicted octanol–water partition coefficient (Wildman–Crippen LogP) is 3.76. The van der Waals surface area contributed by atoms with Crippen LogP contribution < -0.4 is 10.5 Å². The van der Waals surface area contributed by atoms with Gasteiger partial charge < -0.3 is 10.5 Å². The van der Waals surface area contributed by atoms with E-state index in [0.717, 1.165) is 11.3 Å². The third-order valence-corrected chi connectivity index (χ3v) is 3.04. The topological polar surface area (TPSA) is 48.1 Å². The van der Waals surface area contributed by atoms with Crippen LogP contribution in [-0.2, 0) is 6.54 Å². The van der Waals surface area contributed by atoms with Gasteiger partial charge in [0.25, 0.3) is 0 Å². The normalized spacial score (nSPS) is 10.8. The third kappa shape index (κ3) is 3.32. The van der Waals surface area contributed by atoms with Crippen molar-refractivity contribution in [1.82, 2.24) is 4.98 Å². The fraction of sp³-hybridized carbons (Fsp3) is 0.312. The number of benzene rings is 1. The molecule has 0 fully saturated rings. The zero-order chi connectivity index (χ0) is 13.8. The molecular weight excluding hydrogens is 236 g/mol. The molecule has 2 N–H and O–H groups in total. The van der Waals surface area contributed by atoms with Crippen molar-refractivity contribution in [3.05, 3.63) is 53.2 Å². The maximum atomic E-state index is 5.90. The molecule has 0 amide bonds. The summed E-state index contributed by atoms with van der Waals surface area (Å²) in [7, 11) is 0. The molecule has 0 aliphatic carbocycles. The second-order valence-corrected chi connectivity index (χ2v) is 5.01. The molecule has 0 unspecified atom stereocenters. The van der Waals surface area contributed by atoms with Crippen molar-refractivity contribution in [3.8, 4) is 11.6 Å². The highest BCUT2D eigenvalue weighted by atomic mass is 16.5. The predicted molar refractivity (Wildman–Crippen MR) is 77.5 cm³/mol. The number of aromatic nitrogens is 1. The third-order valence-electron chi connectivity index (χ3n) is 3.04. The van der Waals surface area contributed by atoms with E-state index in [1.54, 1.807) is 6.20 Å². The van der Waals surface area contributed by atoms with E-state index in [1.807, 2.05) is 18.2 Å². The van der Waals surface area contributed by atoms with Gasteiger partial charge in [0.15, 0.2) is 0 Å². The number of nitrogens with two attached hydrogens (primary N) is 1. The van der Waals surface area contributed by atoms with E-state index in [4.69, 9.17) is 10.5 Å². The second-order valence-electron chi connectivity index (χ2n) is 5.01. The quantitative estimate of drug-likeness (QED) is 0.906. The Labute approximate surface area is 114 Å². The first-order chi connectivity index (χ1) is 9.10. The van der Waals surface area contributed by atoms with Gasteiger partial charge >= 0.3 is 0 Å². The lowest BCUT2D eigenvalue weighted by molar-refractivity contribution is 0.453. The fourth-order valence-electron chi connectivity index (χ4n) is 1.91. The van der Waals surface area contributed by atoms with Gasteiger partial charge in [0.05, 0.1) is 0 Å². The van der Waals surface area contributed by atoms with Crippen molar-refractivity contribution in [2.75, 3.05) is 0 Å². The number of pyridine rings is 1. The first-order valence-electron chi connectivity index (χ1n) is 6.53. The molecule has 100 valence electrons. The van der Waals surface area contributed by atoms with Crippen LogP contribution in [0.4, 0.5) is 0 Å². The summed E-state index contributed by atoms with van der Waals surface area (Å²) in [6.45, 7) is 6.86. The van der Waals surface area contributed by atoms with E-state index in [9.17, 15) is 0 Å². The maximum Gasteiger partial charge on any atom is 0.219 e. The monoisotopic (exact) mass is 256 g/mol. The lowest BCUT2D eigenvalue weighted by Gasteiger charge is -2.14. The molecule has 0 bridgehead atoms. The van der Waals surface area contributed by atoms with Crippen LogP contribution in [0, 0.1) is 6.92 Å². The van der Waals surface area contributed by atoms with Crippen LogP contribution in [0.15, 0.2) is 36.5 Å². The molecule has 3 nitrogen and oxygen atoms in total. The Kier molecular flexibility index (Phi) is 4.17. The first-order valence-corrected chi connectivity index (χ1v) is 6.53. The molecule has 1 heterocycles. The van der Waals surface area contributed by atoms with Crippen molar-refractivity contribution in [2.24, 2.45) is 5.73 Å². The summed E-state index contributed by atoms with van der Waals surface area (Å²) in [4.78, 5) is 4.27. The van der Waals surface area contributed by atoms with E-state index in [1.165, 1.54) is 11.1 Å². The number of aryl methyl sites for hydroxylation is 1. The van der Waals surface area contributed by atoms with Gasteiger partial charge in [0.2, 0.25) is 5.88 Å². The molecule has 0 saturated carbocycles. The Morgan fingerprint density at radius 1 is 1.21 bits per heavy atom. The lowest BCUT2D eigenvalue weighted by atomic mass is 10.0. The van der Waals surface area contributed by atoms with E-state index >= 15 is 0 Å². The second kappa shape index (κ2) is 5.85. The van der Waals surface area contributed by atoms with Crippen LogP contribution in [0.2, 0.25) is 0 Å². The van der Waals surface area contributed by atoms with Crippen LogP contribution in [0.25, 0.3) is 0 Å². The molecular formula is C16H20N2O. The molecule has 0 radical (unpaired) electrons. The van der Waals surface area contributed by atoms with E-state index in [2.05, 4.69) is 37.9 Å². The molecule has 0 aliphatic heterocycles. The Balaban J connectivity index is 2.28. The number of ether oxygens (including phenoxy) is 1. The number of rotatable bonds is 4. The van der Waals surface area contributed by atoms with Crippen LogP contribution in [0.3, 0.4) is 0 Å². The summed E-state index contributed by atoms with van der Waals surface area (Å²) < 4.78 is 5.90. The van der Waals surface area contributed by atoms with Gasteiger partial charge in [-0.05, 0) is 35.6 Å². The highest BCUT2D eigenvalue weighted by Gasteiger charge is 2.09.